The van der Waals surface area contributed by atoms with E-state index in [4.69, 9.17) is 0 Å². The third-order valence-electron chi connectivity index (χ3n) is 3.61. The Morgan fingerprint density at radius 2 is 2.24 bits per heavy atom. The molecule has 1 aromatic heterocycles. The number of piperidine rings is 1. The second-order valence-corrected chi connectivity index (χ2v) is 4.79. The Morgan fingerprint density at radius 1 is 1.47 bits per heavy atom. The first-order valence-corrected chi connectivity index (χ1v) is 6.04. The molecule has 4 nitrogen and oxygen atoms in total. The molecule has 0 aromatic carbocycles. The van der Waals surface area contributed by atoms with Gasteiger partial charge >= 0.3 is 0 Å². The van der Waals surface area contributed by atoms with Gasteiger partial charge in [0, 0.05) is 18.8 Å². The van der Waals surface area contributed by atoms with Gasteiger partial charge in [0.05, 0.1) is 11.8 Å². The molecule has 0 saturated carbocycles. The fourth-order valence-corrected chi connectivity index (χ4v) is 2.33. The van der Waals surface area contributed by atoms with Crippen molar-refractivity contribution in [1.82, 2.24) is 9.88 Å². The smallest absolute Gasteiger partial charge is 0.255 e. The Hall–Kier alpha value is -1.58. The summed E-state index contributed by atoms with van der Waals surface area (Å²) < 4.78 is 0. The minimum Gasteiger partial charge on any atom is -0.506 e. The number of rotatable bonds is 1. The molecule has 4 heteroatoms. The molecule has 0 aliphatic carbocycles. The Balaban J connectivity index is 2.19. The Labute approximate surface area is 101 Å². The number of nitrogens with zero attached hydrogens (tertiary/aromatic N) is 2. The molecular weight excluding hydrogens is 216 g/mol. The van der Waals surface area contributed by atoms with Crippen LogP contribution in [0.1, 0.15) is 37.0 Å². The topological polar surface area (TPSA) is 53.4 Å². The van der Waals surface area contributed by atoms with Crippen LogP contribution in [0.5, 0.6) is 5.75 Å². The first kappa shape index (κ1) is 11.9. The molecule has 1 aliphatic rings. The molecule has 2 unspecified atom stereocenters. The van der Waals surface area contributed by atoms with Crippen LogP contribution in [0.25, 0.3) is 0 Å². The molecule has 2 rings (SSSR count). The highest BCUT2D eigenvalue weighted by atomic mass is 16.3. The molecular formula is C13H18N2O2. The summed E-state index contributed by atoms with van der Waals surface area (Å²) in [5.41, 5.74) is 0.464. The minimum absolute atomic E-state index is 0.0348. The van der Waals surface area contributed by atoms with E-state index in [0.717, 1.165) is 13.0 Å². The van der Waals surface area contributed by atoms with E-state index < -0.39 is 0 Å². The van der Waals surface area contributed by atoms with Gasteiger partial charge in [-0.25, -0.2) is 0 Å². The summed E-state index contributed by atoms with van der Waals surface area (Å²) in [4.78, 5) is 18.0. The molecule has 1 N–H and O–H groups in total. The van der Waals surface area contributed by atoms with E-state index >= 15 is 0 Å². The lowest BCUT2D eigenvalue weighted by Gasteiger charge is -2.37. The predicted octanol–water partition coefficient (Wildman–Crippen LogP) is 2.05. The van der Waals surface area contributed by atoms with Crippen molar-refractivity contribution in [3.05, 3.63) is 24.0 Å². The molecule has 1 amide bonds. The number of amides is 1. The van der Waals surface area contributed by atoms with E-state index in [1.54, 1.807) is 0 Å². The number of hydrogen-bond acceptors (Lipinski definition) is 3. The van der Waals surface area contributed by atoms with Crippen LogP contribution >= 0.6 is 0 Å². The van der Waals surface area contributed by atoms with E-state index in [1.807, 2.05) is 4.90 Å². The number of carbonyl (C=O) groups excluding carboxylic acids is 1. The largest absolute Gasteiger partial charge is 0.506 e. The lowest BCUT2D eigenvalue weighted by molar-refractivity contribution is 0.0550. The molecule has 0 spiro atoms. The summed E-state index contributed by atoms with van der Waals surface area (Å²) in [6, 6.07) is 1.72. The van der Waals surface area contributed by atoms with Gasteiger partial charge in [-0.3, -0.25) is 9.78 Å². The van der Waals surface area contributed by atoms with Gasteiger partial charge in [-0.05, 0) is 31.7 Å². The van der Waals surface area contributed by atoms with Gasteiger partial charge in [0.15, 0.2) is 0 Å². The third kappa shape index (κ3) is 2.40. The van der Waals surface area contributed by atoms with Crippen molar-refractivity contribution >= 4 is 5.91 Å². The van der Waals surface area contributed by atoms with Crippen molar-refractivity contribution in [2.75, 3.05) is 6.54 Å². The first-order valence-electron chi connectivity index (χ1n) is 6.04. The summed E-state index contributed by atoms with van der Waals surface area (Å²) in [5, 5.41) is 9.34. The molecule has 0 radical (unpaired) electrons. The summed E-state index contributed by atoms with van der Waals surface area (Å²) in [6.45, 7) is 5.04. The lowest BCUT2D eigenvalue weighted by Crippen LogP contribution is -2.46. The maximum atomic E-state index is 12.3. The zero-order valence-corrected chi connectivity index (χ0v) is 10.3. The molecule has 2 atom stereocenters. The second-order valence-electron chi connectivity index (χ2n) is 4.79. The van der Waals surface area contributed by atoms with Crippen molar-refractivity contribution in [2.45, 2.75) is 32.7 Å². The van der Waals surface area contributed by atoms with Gasteiger partial charge in [-0.1, -0.05) is 6.92 Å². The highest BCUT2D eigenvalue weighted by Gasteiger charge is 2.29. The van der Waals surface area contributed by atoms with Crippen LogP contribution in [0.3, 0.4) is 0 Å². The van der Waals surface area contributed by atoms with Gasteiger partial charge < -0.3 is 10.0 Å². The van der Waals surface area contributed by atoms with Crippen molar-refractivity contribution in [3.8, 4) is 5.75 Å². The monoisotopic (exact) mass is 234 g/mol. The summed E-state index contributed by atoms with van der Waals surface area (Å²) in [6.07, 6.45) is 5.06. The van der Waals surface area contributed by atoms with Crippen LogP contribution in [-0.4, -0.2) is 33.5 Å². The average molecular weight is 234 g/mol. The molecule has 92 valence electrons. The number of carbonyl (C=O) groups is 1. The molecule has 0 bridgehead atoms. The van der Waals surface area contributed by atoms with Crippen molar-refractivity contribution < 1.29 is 9.90 Å². The van der Waals surface area contributed by atoms with Crippen LogP contribution in [0.15, 0.2) is 18.5 Å². The van der Waals surface area contributed by atoms with Gasteiger partial charge in [0.25, 0.3) is 5.91 Å². The number of likely N-dealkylation sites (tertiary alicyclic amines) is 1. The summed E-state index contributed by atoms with van der Waals surface area (Å²) in [5.74, 6) is 0.527. The SMILES string of the molecule is CC1CCCN(C(=O)c2cncc(O)c2)C1C. The molecule has 1 aliphatic heterocycles. The third-order valence-corrected chi connectivity index (χ3v) is 3.61. The Morgan fingerprint density at radius 3 is 2.94 bits per heavy atom. The van der Waals surface area contributed by atoms with Crippen molar-refractivity contribution in [1.29, 1.82) is 0 Å². The fourth-order valence-electron chi connectivity index (χ4n) is 2.33. The van der Waals surface area contributed by atoms with E-state index in [0.29, 0.717) is 11.5 Å². The van der Waals surface area contributed by atoms with E-state index in [9.17, 15) is 9.90 Å². The second kappa shape index (κ2) is 4.73. The molecule has 1 saturated heterocycles. The van der Waals surface area contributed by atoms with Crippen molar-refractivity contribution in [2.24, 2.45) is 5.92 Å². The number of aromatic hydroxyl groups is 1. The zero-order valence-electron chi connectivity index (χ0n) is 10.3. The van der Waals surface area contributed by atoms with Gasteiger partial charge in [0.1, 0.15) is 5.75 Å². The first-order chi connectivity index (χ1) is 8.09. The number of pyridine rings is 1. The van der Waals surface area contributed by atoms with Crippen LogP contribution in [0.2, 0.25) is 0 Å². The highest BCUT2D eigenvalue weighted by molar-refractivity contribution is 5.94. The van der Waals surface area contributed by atoms with Crippen molar-refractivity contribution in [3.63, 3.8) is 0 Å². The van der Waals surface area contributed by atoms with Gasteiger partial charge in [-0.15, -0.1) is 0 Å². The van der Waals surface area contributed by atoms with Gasteiger partial charge in [0.2, 0.25) is 0 Å². The van der Waals surface area contributed by atoms with E-state index in [1.165, 1.54) is 24.9 Å². The van der Waals surface area contributed by atoms with Crippen LogP contribution < -0.4 is 0 Å². The summed E-state index contributed by atoms with van der Waals surface area (Å²) in [7, 11) is 0. The normalized spacial score (nSPS) is 24.7. The average Bonchev–Trinajstić information content (AvgIpc) is 2.32. The maximum absolute atomic E-state index is 12.3. The van der Waals surface area contributed by atoms with E-state index in [2.05, 4.69) is 18.8 Å². The highest BCUT2D eigenvalue weighted by Crippen LogP contribution is 2.24. The van der Waals surface area contributed by atoms with Crippen LogP contribution in [0.4, 0.5) is 0 Å². The minimum atomic E-state index is -0.0348. The van der Waals surface area contributed by atoms with Gasteiger partial charge in [-0.2, -0.15) is 0 Å². The molecule has 1 fully saturated rings. The molecule has 1 aromatic rings. The quantitative estimate of drug-likeness (QED) is 0.809. The Kier molecular flexibility index (Phi) is 3.31. The van der Waals surface area contributed by atoms with E-state index in [-0.39, 0.29) is 17.7 Å². The number of aromatic nitrogens is 1. The lowest BCUT2D eigenvalue weighted by atomic mass is 9.91. The predicted molar refractivity (Wildman–Crippen MR) is 64.8 cm³/mol. The number of hydrogen-bond donors (Lipinski definition) is 1. The molecule has 2 heterocycles. The standard InChI is InChI=1S/C13H18N2O2/c1-9-4-3-5-15(10(9)2)13(17)11-6-12(16)8-14-7-11/h6-10,16H,3-5H2,1-2H3. The zero-order chi connectivity index (χ0) is 12.4. The molecule has 17 heavy (non-hydrogen) atoms. The summed E-state index contributed by atoms with van der Waals surface area (Å²) >= 11 is 0. The fraction of sp³-hybridized carbons (Fsp3) is 0.538. The maximum Gasteiger partial charge on any atom is 0.255 e. The Bertz CT molecular complexity index is 420. The van der Waals surface area contributed by atoms with Crippen LogP contribution in [0, 0.1) is 5.92 Å². The van der Waals surface area contributed by atoms with Crippen LogP contribution in [-0.2, 0) is 0 Å².